The molecular formula is C58H36N4OPt+2. The third-order valence-corrected chi connectivity index (χ3v) is 11.8. The maximum absolute atomic E-state index is 6.64. The number of hydrogen-bond donors (Lipinski definition) is 0. The fraction of sp³-hybridized carbons (Fsp3) is 0. The Morgan fingerprint density at radius 2 is 1.11 bits per heavy atom. The monoisotopic (exact) mass is 999 g/mol. The number of benzene rings is 9. The van der Waals surface area contributed by atoms with Crippen LogP contribution in [0.5, 0.6) is 11.5 Å². The summed E-state index contributed by atoms with van der Waals surface area (Å²) in [5.74, 6) is 1.97. The number of aromatic nitrogens is 2. The van der Waals surface area contributed by atoms with Crippen molar-refractivity contribution in [3.63, 3.8) is 0 Å². The van der Waals surface area contributed by atoms with Crippen LogP contribution >= 0.6 is 0 Å². The van der Waals surface area contributed by atoms with Gasteiger partial charge < -0.3 is 9.30 Å². The topological polar surface area (TPSA) is 33.1 Å². The number of pyridine rings is 1. The van der Waals surface area contributed by atoms with E-state index >= 15 is 0 Å². The summed E-state index contributed by atoms with van der Waals surface area (Å²) in [6.45, 7) is 0. The summed E-state index contributed by atoms with van der Waals surface area (Å²) in [6, 6.07) is 85.1. The second kappa shape index (κ2) is 16.4. The van der Waals surface area contributed by atoms with Crippen LogP contribution in [0.1, 0.15) is 0 Å². The predicted octanol–water partition coefficient (Wildman–Crippen LogP) is 14.6. The minimum absolute atomic E-state index is 0. The van der Waals surface area contributed by atoms with Crippen LogP contribution in [0.25, 0.3) is 71.8 Å². The third-order valence-electron chi connectivity index (χ3n) is 11.8. The Morgan fingerprint density at radius 1 is 0.469 bits per heavy atom. The van der Waals surface area contributed by atoms with Gasteiger partial charge in [-0.15, -0.1) is 23.6 Å². The molecule has 302 valence electrons. The van der Waals surface area contributed by atoms with E-state index in [4.69, 9.17) is 9.72 Å². The van der Waals surface area contributed by atoms with Crippen LogP contribution in [-0.2, 0) is 21.1 Å². The zero-order valence-electron chi connectivity index (χ0n) is 34.3. The first-order valence-corrected chi connectivity index (χ1v) is 21.0. The fourth-order valence-electron chi connectivity index (χ4n) is 8.96. The SMILES string of the molecule is C1=[N+](c2[c-]c(Oc3[c-]c4c(cc3)c3ccccc3n4-c3ccccn3)ccc2)c2ccc3ccccc3c2[N+]=1c1c(-c2ccccc2)cc(-c2ccccc2)cc1-c1ccccc1.[Pt+2]. The summed E-state index contributed by atoms with van der Waals surface area (Å²) < 4.78 is 13.1. The Kier molecular flexibility index (Phi) is 9.98. The van der Waals surface area contributed by atoms with Crippen molar-refractivity contribution in [1.29, 1.82) is 0 Å². The van der Waals surface area contributed by atoms with E-state index in [-0.39, 0.29) is 21.1 Å². The van der Waals surface area contributed by atoms with Gasteiger partial charge in [-0.05, 0) is 80.1 Å². The maximum atomic E-state index is 6.64. The van der Waals surface area contributed by atoms with Crippen molar-refractivity contribution in [3.8, 4) is 50.7 Å². The van der Waals surface area contributed by atoms with Gasteiger partial charge in [-0.25, -0.2) is 4.98 Å². The molecule has 0 saturated carbocycles. The Morgan fingerprint density at radius 3 is 1.83 bits per heavy atom. The van der Waals surface area contributed by atoms with Gasteiger partial charge in [-0.1, -0.05) is 156 Å². The molecule has 0 saturated heterocycles. The average Bonchev–Trinajstić information content (AvgIpc) is 3.91. The van der Waals surface area contributed by atoms with Gasteiger partial charge in [0.25, 0.3) is 5.69 Å². The Labute approximate surface area is 385 Å². The van der Waals surface area contributed by atoms with Gasteiger partial charge in [0.1, 0.15) is 11.5 Å². The molecule has 5 nitrogen and oxygen atoms in total. The van der Waals surface area contributed by atoms with Crippen molar-refractivity contribution < 1.29 is 25.8 Å². The van der Waals surface area contributed by atoms with E-state index in [1.807, 2.05) is 42.6 Å². The number of fused-ring (bicyclic) bond motifs is 6. The molecule has 64 heavy (non-hydrogen) atoms. The zero-order chi connectivity index (χ0) is 41.7. The third kappa shape index (κ3) is 6.76. The molecule has 9 aromatic carbocycles. The summed E-state index contributed by atoms with van der Waals surface area (Å²) in [4.78, 5) is 4.70. The largest absolute Gasteiger partial charge is 2.00 e. The second-order valence-corrected chi connectivity index (χ2v) is 15.6. The van der Waals surface area contributed by atoms with Crippen LogP contribution in [-0.4, -0.2) is 15.6 Å². The van der Waals surface area contributed by atoms with Gasteiger partial charge in [-0.3, -0.25) is 0 Å². The van der Waals surface area contributed by atoms with Gasteiger partial charge in [0.15, 0.2) is 0 Å². The normalized spacial score (nSPS) is 11.9. The van der Waals surface area contributed by atoms with Crippen molar-refractivity contribution in [1.82, 2.24) is 18.7 Å². The second-order valence-electron chi connectivity index (χ2n) is 15.6. The predicted molar refractivity (Wildman–Crippen MR) is 257 cm³/mol. The van der Waals surface area contributed by atoms with E-state index in [2.05, 4.69) is 208 Å². The molecule has 0 bridgehead atoms. The molecule has 11 aromatic rings. The van der Waals surface area contributed by atoms with Crippen molar-refractivity contribution in [3.05, 3.63) is 231 Å². The Bertz CT molecular complexity index is 3560. The van der Waals surface area contributed by atoms with Crippen molar-refractivity contribution >= 4 is 61.3 Å². The molecular weight excluding hydrogens is 964 g/mol. The average molecular weight is 1000 g/mol. The van der Waals surface area contributed by atoms with Crippen molar-refractivity contribution in [2.75, 3.05) is 0 Å². The number of para-hydroxylation sites is 1. The van der Waals surface area contributed by atoms with Crippen LogP contribution in [0.15, 0.2) is 219 Å². The van der Waals surface area contributed by atoms with E-state index in [1.165, 1.54) is 0 Å². The molecule has 2 aromatic heterocycles. The number of ether oxygens (including phenoxy) is 1. The van der Waals surface area contributed by atoms with E-state index in [1.54, 1.807) is 0 Å². The first kappa shape index (κ1) is 38.9. The molecule has 0 amide bonds. The van der Waals surface area contributed by atoms with Crippen LogP contribution in [0, 0.1) is 12.1 Å². The molecule has 6 heteroatoms. The van der Waals surface area contributed by atoms with Crippen LogP contribution < -0.4 is 13.9 Å². The van der Waals surface area contributed by atoms with E-state index < -0.39 is 0 Å². The molecule has 0 radical (unpaired) electrons. The molecule has 1 aliphatic heterocycles. The zero-order valence-corrected chi connectivity index (χ0v) is 36.6. The smallest absolute Gasteiger partial charge is 0.509 e. The molecule has 0 N–H and O–H groups in total. The summed E-state index contributed by atoms with van der Waals surface area (Å²) >= 11 is 0. The maximum Gasteiger partial charge on any atom is 2.00 e. The molecule has 1 aliphatic rings. The summed E-state index contributed by atoms with van der Waals surface area (Å²) in [5, 5.41) is 4.47. The summed E-state index contributed by atoms with van der Waals surface area (Å²) in [5.41, 5.74) is 12.5. The minimum atomic E-state index is 0. The molecule has 0 spiro atoms. The number of rotatable bonds is 8. The van der Waals surface area contributed by atoms with Gasteiger partial charge in [0.2, 0.25) is 5.69 Å². The quantitative estimate of drug-likeness (QED) is 0.112. The van der Waals surface area contributed by atoms with Crippen LogP contribution in [0.3, 0.4) is 0 Å². The Balaban J connectivity index is 0.00000456. The van der Waals surface area contributed by atoms with Gasteiger partial charge in [0.05, 0.1) is 16.5 Å². The van der Waals surface area contributed by atoms with Gasteiger partial charge >= 0.3 is 32.8 Å². The van der Waals surface area contributed by atoms with Gasteiger partial charge in [0, 0.05) is 29.3 Å². The first-order valence-electron chi connectivity index (χ1n) is 21.0. The minimum Gasteiger partial charge on any atom is -0.509 e. The number of nitrogens with zero attached hydrogens (tertiary/aromatic N) is 4. The molecule has 12 rings (SSSR count). The standard InChI is InChI=1S/C58H36N4O.Pt/c1-4-17-40(18-5-1)44-35-51(41-19-6-2-7-20-41)57(52(36-44)42-21-8-3-9-22-42)61-39-60(54-33-30-43-23-10-11-26-48(43)58(54)61)45-24-16-25-46(37-45)63-47-31-32-50-49-27-12-13-28-53(49)62(55(50)38-47)56-29-14-15-34-59-56;/h1-36H;/q;+2. The molecule has 0 atom stereocenters. The molecule has 0 aliphatic carbocycles. The van der Waals surface area contributed by atoms with Crippen LogP contribution in [0.4, 0.5) is 22.7 Å². The number of hydrogen-bond acceptors (Lipinski definition) is 2. The first-order chi connectivity index (χ1) is 31.2. The summed E-state index contributed by atoms with van der Waals surface area (Å²) in [7, 11) is 0. The van der Waals surface area contributed by atoms with E-state index in [0.29, 0.717) is 11.5 Å². The van der Waals surface area contributed by atoms with E-state index in [0.717, 1.165) is 94.5 Å². The fourth-order valence-corrected chi connectivity index (χ4v) is 8.96. The van der Waals surface area contributed by atoms with Crippen LogP contribution in [0.2, 0.25) is 0 Å². The molecule has 0 fully saturated rings. The molecule has 0 unspecified atom stereocenters. The van der Waals surface area contributed by atoms with Crippen molar-refractivity contribution in [2.24, 2.45) is 0 Å². The van der Waals surface area contributed by atoms with Crippen molar-refractivity contribution in [2.45, 2.75) is 0 Å². The Hall–Kier alpha value is -7.94. The molecule has 3 heterocycles. The van der Waals surface area contributed by atoms with Gasteiger partial charge in [-0.2, -0.15) is 12.1 Å². The summed E-state index contributed by atoms with van der Waals surface area (Å²) in [6.07, 6.45) is 1.82. The van der Waals surface area contributed by atoms with E-state index in [9.17, 15) is 0 Å².